The first-order valence-electron chi connectivity index (χ1n) is 6.51. The Morgan fingerprint density at radius 2 is 2.25 bits per heavy atom. The van der Waals surface area contributed by atoms with Gasteiger partial charge in [-0.2, -0.15) is 10.2 Å². The standard InChI is InChI=1S/C13H18ClN5O/c1-10-4-6-16-19(10)7-3-5-15-13(20)9-18-8-12(14)11(2)17-18/h4,6,8H,3,5,7,9H2,1-2H3,(H,15,20). The molecule has 0 spiro atoms. The lowest BCUT2D eigenvalue weighted by Crippen LogP contribution is -2.29. The minimum Gasteiger partial charge on any atom is -0.354 e. The molecule has 0 radical (unpaired) electrons. The van der Waals surface area contributed by atoms with Crippen molar-refractivity contribution in [3.05, 3.63) is 34.9 Å². The highest BCUT2D eigenvalue weighted by atomic mass is 35.5. The van der Waals surface area contributed by atoms with Gasteiger partial charge in [0.25, 0.3) is 0 Å². The molecule has 0 unspecified atom stereocenters. The summed E-state index contributed by atoms with van der Waals surface area (Å²) in [6, 6.07) is 1.96. The summed E-state index contributed by atoms with van der Waals surface area (Å²) in [7, 11) is 0. The highest BCUT2D eigenvalue weighted by molar-refractivity contribution is 6.31. The van der Waals surface area contributed by atoms with Gasteiger partial charge >= 0.3 is 0 Å². The Bertz CT molecular complexity index is 570. The fourth-order valence-electron chi connectivity index (χ4n) is 1.87. The van der Waals surface area contributed by atoms with Crippen LogP contribution in [0.15, 0.2) is 18.5 Å². The van der Waals surface area contributed by atoms with Crippen LogP contribution in [0.2, 0.25) is 5.02 Å². The SMILES string of the molecule is Cc1nn(CC(=O)NCCCn2nccc2C)cc1Cl. The number of halogens is 1. The number of rotatable bonds is 6. The molecule has 0 aromatic carbocycles. The summed E-state index contributed by atoms with van der Waals surface area (Å²) in [6.45, 7) is 5.42. The van der Waals surface area contributed by atoms with Gasteiger partial charge in [0.2, 0.25) is 5.91 Å². The van der Waals surface area contributed by atoms with E-state index in [1.54, 1.807) is 17.1 Å². The van der Waals surface area contributed by atoms with Crippen molar-refractivity contribution >= 4 is 17.5 Å². The van der Waals surface area contributed by atoms with Crippen LogP contribution in [0.4, 0.5) is 0 Å². The van der Waals surface area contributed by atoms with Gasteiger partial charge in [0.1, 0.15) is 6.54 Å². The summed E-state index contributed by atoms with van der Waals surface area (Å²) in [5.41, 5.74) is 1.85. The van der Waals surface area contributed by atoms with Gasteiger partial charge in [-0.15, -0.1) is 0 Å². The highest BCUT2D eigenvalue weighted by Gasteiger charge is 2.06. The van der Waals surface area contributed by atoms with Crippen LogP contribution in [-0.4, -0.2) is 32.0 Å². The zero-order valence-electron chi connectivity index (χ0n) is 11.6. The molecule has 1 amide bonds. The molecule has 0 aliphatic carbocycles. The van der Waals surface area contributed by atoms with E-state index in [2.05, 4.69) is 15.5 Å². The summed E-state index contributed by atoms with van der Waals surface area (Å²) < 4.78 is 3.47. The summed E-state index contributed by atoms with van der Waals surface area (Å²) in [5, 5.41) is 11.8. The zero-order valence-corrected chi connectivity index (χ0v) is 12.4. The molecule has 0 aliphatic rings. The van der Waals surface area contributed by atoms with Crippen LogP contribution in [0.3, 0.4) is 0 Å². The van der Waals surface area contributed by atoms with Gasteiger partial charge in [-0.25, -0.2) is 0 Å². The average Bonchev–Trinajstić information content (AvgIpc) is 2.92. The maximum Gasteiger partial charge on any atom is 0.241 e. The monoisotopic (exact) mass is 295 g/mol. The predicted molar refractivity (Wildman–Crippen MR) is 76.6 cm³/mol. The van der Waals surface area contributed by atoms with E-state index in [0.717, 1.165) is 24.4 Å². The van der Waals surface area contributed by atoms with Crippen molar-refractivity contribution in [3.8, 4) is 0 Å². The van der Waals surface area contributed by atoms with E-state index in [-0.39, 0.29) is 12.5 Å². The molecular weight excluding hydrogens is 278 g/mol. The quantitative estimate of drug-likeness (QED) is 0.823. The Morgan fingerprint density at radius 3 is 2.85 bits per heavy atom. The lowest BCUT2D eigenvalue weighted by molar-refractivity contribution is -0.121. The summed E-state index contributed by atoms with van der Waals surface area (Å²) in [4.78, 5) is 11.7. The van der Waals surface area contributed by atoms with E-state index in [0.29, 0.717) is 11.6 Å². The molecule has 108 valence electrons. The van der Waals surface area contributed by atoms with Gasteiger partial charge in [-0.3, -0.25) is 14.2 Å². The Hall–Kier alpha value is -1.82. The number of hydrogen-bond donors (Lipinski definition) is 1. The van der Waals surface area contributed by atoms with Crippen LogP contribution in [-0.2, 0) is 17.9 Å². The van der Waals surface area contributed by atoms with Crippen LogP contribution in [0.25, 0.3) is 0 Å². The van der Waals surface area contributed by atoms with E-state index in [4.69, 9.17) is 11.6 Å². The lowest BCUT2D eigenvalue weighted by Gasteiger charge is -2.06. The largest absolute Gasteiger partial charge is 0.354 e. The van der Waals surface area contributed by atoms with Gasteiger partial charge < -0.3 is 5.32 Å². The smallest absolute Gasteiger partial charge is 0.241 e. The number of carbonyl (C=O) groups excluding carboxylic acids is 1. The van der Waals surface area contributed by atoms with Crippen LogP contribution < -0.4 is 5.32 Å². The number of nitrogens with zero attached hydrogens (tertiary/aromatic N) is 4. The molecule has 0 saturated carbocycles. The first-order chi connectivity index (χ1) is 9.56. The second-order valence-electron chi connectivity index (χ2n) is 4.66. The molecule has 20 heavy (non-hydrogen) atoms. The van der Waals surface area contributed by atoms with Gasteiger partial charge in [0, 0.05) is 31.2 Å². The molecule has 0 bridgehead atoms. The fourth-order valence-corrected chi connectivity index (χ4v) is 2.02. The molecular formula is C13H18ClN5O. The molecule has 2 aromatic rings. The summed E-state index contributed by atoms with van der Waals surface area (Å²) in [5.74, 6) is -0.0682. The number of amides is 1. The normalized spacial score (nSPS) is 10.8. The van der Waals surface area contributed by atoms with Crippen molar-refractivity contribution in [1.29, 1.82) is 0 Å². The van der Waals surface area contributed by atoms with Crippen molar-refractivity contribution < 1.29 is 4.79 Å². The van der Waals surface area contributed by atoms with Crippen molar-refractivity contribution in [1.82, 2.24) is 24.9 Å². The van der Waals surface area contributed by atoms with E-state index in [1.165, 1.54) is 0 Å². The number of aryl methyl sites for hydroxylation is 3. The zero-order chi connectivity index (χ0) is 14.5. The predicted octanol–water partition coefficient (Wildman–Crippen LogP) is 1.56. The van der Waals surface area contributed by atoms with Crippen LogP contribution >= 0.6 is 11.6 Å². The van der Waals surface area contributed by atoms with E-state index in [1.807, 2.05) is 24.6 Å². The Balaban J connectivity index is 1.69. The van der Waals surface area contributed by atoms with E-state index in [9.17, 15) is 4.79 Å². The molecule has 2 aromatic heterocycles. The van der Waals surface area contributed by atoms with Crippen molar-refractivity contribution in [3.63, 3.8) is 0 Å². The Kier molecular flexibility index (Phi) is 4.79. The third-order valence-electron chi connectivity index (χ3n) is 2.99. The van der Waals surface area contributed by atoms with E-state index < -0.39 is 0 Å². The Morgan fingerprint density at radius 1 is 1.45 bits per heavy atom. The third-order valence-corrected chi connectivity index (χ3v) is 3.36. The molecule has 0 fully saturated rings. The second kappa shape index (κ2) is 6.56. The fraction of sp³-hybridized carbons (Fsp3) is 0.462. The highest BCUT2D eigenvalue weighted by Crippen LogP contribution is 2.11. The number of nitrogens with one attached hydrogen (secondary N) is 1. The van der Waals surface area contributed by atoms with Crippen LogP contribution in [0, 0.1) is 13.8 Å². The average molecular weight is 296 g/mol. The maximum atomic E-state index is 11.7. The third kappa shape index (κ3) is 3.84. The van der Waals surface area contributed by atoms with Gasteiger partial charge in [-0.1, -0.05) is 11.6 Å². The van der Waals surface area contributed by atoms with Crippen molar-refractivity contribution in [2.24, 2.45) is 0 Å². The Labute approximate surface area is 122 Å². The van der Waals surface area contributed by atoms with Gasteiger partial charge in [-0.05, 0) is 26.3 Å². The second-order valence-corrected chi connectivity index (χ2v) is 5.07. The number of carbonyl (C=O) groups is 1. The number of hydrogen-bond acceptors (Lipinski definition) is 3. The van der Waals surface area contributed by atoms with Gasteiger partial charge in [0.05, 0.1) is 10.7 Å². The first-order valence-corrected chi connectivity index (χ1v) is 6.88. The molecule has 7 heteroatoms. The minimum absolute atomic E-state index is 0.0682. The molecule has 0 aliphatic heterocycles. The topological polar surface area (TPSA) is 64.7 Å². The minimum atomic E-state index is -0.0682. The molecule has 2 rings (SSSR count). The summed E-state index contributed by atoms with van der Waals surface area (Å²) >= 11 is 5.89. The van der Waals surface area contributed by atoms with Crippen LogP contribution in [0.1, 0.15) is 17.8 Å². The number of aromatic nitrogens is 4. The molecule has 0 atom stereocenters. The lowest BCUT2D eigenvalue weighted by atomic mass is 10.4. The first kappa shape index (κ1) is 14.6. The van der Waals surface area contributed by atoms with E-state index >= 15 is 0 Å². The van der Waals surface area contributed by atoms with Gasteiger partial charge in [0.15, 0.2) is 0 Å². The molecule has 6 nitrogen and oxygen atoms in total. The molecule has 1 N–H and O–H groups in total. The molecule has 2 heterocycles. The maximum absolute atomic E-state index is 11.7. The summed E-state index contributed by atoms with van der Waals surface area (Å²) in [6.07, 6.45) is 4.27. The van der Waals surface area contributed by atoms with Crippen molar-refractivity contribution in [2.75, 3.05) is 6.54 Å². The van der Waals surface area contributed by atoms with Crippen molar-refractivity contribution in [2.45, 2.75) is 33.4 Å². The van der Waals surface area contributed by atoms with Crippen LogP contribution in [0.5, 0.6) is 0 Å². The molecule has 0 saturated heterocycles.